The Bertz CT molecular complexity index is 461. The Hall–Kier alpha value is -1.42. The summed E-state index contributed by atoms with van der Waals surface area (Å²) in [5.41, 5.74) is 7.80. The molecule has 3 nitrogen and oxygen atoms in total. The zero-order valence-corrected chi connectivity index (χ0v) is 11.3. The van der Waals surface area contributed by atoms with Gasteiger partial charge < -0.3 is 11.1 Å². The summed E-state index contributed by atoms with van der Waals surface area (Å²) >= 11 is 0. The first-order valence-corrected chi connectivity index (χ1v) is 6.84. The number of carbonyl (C=O) groups excluding carboxylic acids is 1. The quantitative estimate of drug-likeness (QED) is 0.873. The molecule has 0 aromatic heterocycles. The number of carbonyl (C=O) groups is 1. The highest BCUT2D eigenvalue weighted by atomic mass is 19.1. The van der Waals surface area contributed by atoms with E-state index in [0.717, 1.165) is 36.8 Å². The Balaban J connectivity index is 1.78. The predicted octanol–water partition coefficient (Wildman–Crippen LogP) is 1.92. The van der Waals surface area contributed by atoms with E-state index in [-0.39, 0.29) is 23.7 Å². The lowest BCUT2D eigenvalue weighted by molar-refractivity contribution is -0.124. The number of nitrogens with two attached hydrogens (primary N) is 1. The van der Waals surface area contributed by atoms with Crippen molar-refractivity contribution < 1.29 is 9.18 Å². The second kappa shape index (κ2) is 6.15. The van der Waals surface area contributed by atoms with E-state index in [1.54, 1.807) is 6.07 Å². The third kappa shape index (κ3) is 3.77. The van der Waals surface area contributed by atoms with Gasteiger partial charge in [0.1, 0.15) is 5.82 Å². The lowest BCUT2D eigenvalue weighted by Gasteiger charge is -2.11. The van der Waals surface area contributed by atoms with Gasteiger partial charge in [-0.2, -0.15) is 0 Å². The van der Waals surface area contributed by atoms with Gasteiger partial charge in [0.15, 0.2) is 0 Å². The van der Waals surface area contributed by atoms with Crippen molar-refractivity contribution in [2.75, 3.05) is 6.54 Å². The standard InChI is InChI=1S/C15H21FN2O/c1-10-8-13(16)4-2-11(10)6-7-18-15(19)12-3-5-14(17)9-12/h2,4,8,12,14H,3,5-7,9,17H2,1H3,(H,18,19). The third-order valence-electron chi connectivity index (χ3n) is 3.84. The van der Waals surface area contributed by atoms with E-state index >= 15 is 0 Å². The molecule has 1 saturated carbocycles. The van der Waals surface area contributed by atoms with E-state index in [0.29, 0.717) is 6.54 Å². The highest BCUT2D eigenvalue weighted by molar-refractivity contribution is 5.79. The van der Waals surface area contributed by atoms with E-state index in [1.165, 1.54) is 12.1 Å². The van der Waals surface area contributed by atoms with Crippen LogP contribution in [0.25, 0.3) is 0 Å². The normalized spacial score (nSPS) is 22.5. The van der Waals surface area contributed by atoms with Gasteiger partial charge in [-0.1, -0.05) is 6.07 Å². The molecule has 1 aliphatic rings. The van der Waals surface area contributed by atoms with Crippen molar-refractivity contribution in [2.24, 2.45) is 11.7 Å². The molecule has 0 aliphatic heterocycles. The number of aryl methyl sites for hydroxylation is 1. The summed E-state index contributed by atoms with van der Waals surface area (Å²) in [4.78, 5) is 11.9. The van der Waals surface area contributed by atoms with Crippen molar-refractivity contribution in [1.29, 1.82) is 0 Å². The summed E-state index contributed by atoms with van der Waals surface area (Å²) in [6, 6.07) is 4.94. The fourth-order valence-electron chi connectivity index (χ4n) is 2.66. The van der Waals surface area contributed by atoms with E-state index in [4.69, 9.17) is 5.73 Å². The van der Waals surface area contributed by atoms with Crippen LogP contribution in [0.5, 0.6) is 0 Å². The number of halogens is 1. The number of rotatable bonds is 4. The van der Waals surface area contributed by atoms with Gasteiger partial charge in [-0.05, 0) is 55.9 Å². The zero-order valence-electron chi connectivity index (χ0n) is 11.3. The highest BCUT2D eigenvalue weighted by Gasteiger charge is 2.27. The number of amides is 1. The Morgan fingerprint density at radius 3 is 2.89 bits per heavy atom. The molecule has 0 spiro atoms. The van der Waals surface area contributed by atoms with Crippen LogP contribution in [0.15, 0.2) is 18.2 Å². The van der Waals surface area contributed by atoms with E-state index in [2.05, 4.69) is 5.32 Å². The first kappa shape index (κ1) is 14.0. The molecule has 1 aromatic carbocycles. The molecule has 19 heavy (non-hydrogen) atoms. The summed E-state index contributed by atoms with van der Waals surface area (Å²) in [5, 5.41) is 2.95. The second-order valence-corrected chi connectivity index (χ2v) is 5.38. The Labute approximate surface area is 113 Å². The first-order chi connectivity index (χ1) is 9.06. The average molecular weight is 264 g/mol. The van der Waals surface area contributed by atoms with E-state index < -0.39 is 0 Å². The maximum absolute atomic E-state index is 13.0. The zero-order chi connectivity index (χ0) is 13.8. The molecular formula is C15H21FN2O. The molecule has 0 radical (unpaired) electrons. The molecule has 1 aliphatic carbocycles. The number of hydrogen-bond donors (Lipinski definition) is 2. The Morgan fingerprint density at radius 2 is 2.26 bits per heavy atom. The van der Waals surface area contributed by atoms with Crippen molar-refractivity contribution in [1.82, 2.24) is 5.32 Å². The molecule has 2 rings (SSSR count). The fraction of sp³-hybridized carbons (Fsp3) is 0.533. The fourth-order valence-corrected chi connectivity index (χ4v) is 2.66. The maximum atomic E-state index is 13.0. The lowest BCUT2D eigenvalue weighted by Crippen LogP contribution is -2.32. The largest absolute Gasteiger partial charge is 0.356 e. The summed E-state index contributed by atoms with van der Waals surface area (Å²) in [6.07, 6.45) is 3.36. The number of nitrogens with one attached hydrogen (secondary N) is 1. The maximum Gasteiger partial charge on any atom is 0.223 e. The lowest BCUT2D eigenvalue weighted by atomic mass is 10.0. The van der Waals surface area contributed by atoms with Crippen LogP contribution in [0.2, 0.25) is 0 Å². The summed E-state index contributed by atoms with van der Waals surface area (Å²) in [5.74, 6) is -0.0396. The molecule has 0 heterocycles. The van der Waals surface area contributed by atoms with Crippen LogP contribution in [-0.4, -0.2) is 18.5 Å². The van der Waals surface area contributed by atoms with Crippen molar-refractivity contribution >= 4 is 5.91 Å². The van der Waals surface area contributed by atoms with Crippen molar-refractivity contribution in [3.63, 3.8) is 0 Å². The molecule has 1 amide bonds. The monoisotopic (exact) mass is 264 g/mol. The smallest absolute Gasteiger partial charge is 0.223 e. The van der Waals surface area contributed by atoms with Gasteiger partial charge in [0.2, 0.25) is 5.91 Å². The van der Waals surface area contributed by atoms with Crippen LogP contribution in [0.1, 0.15) is 30.4 Å². The molecule has 1 aromatic rings. The predicted molar refractivity (Wildman–Crippen MR) is 73.2 cm³/mol. The molecule has 2 unspecified atom stereocenters. The summed E-state index contributed by atoms with van der Waals surface area (Å²) in [7, 11) is 0. The highest BCUT2D eigenvalue weighted by Crippen LogP contribution is 2.24. The number of benzene rings is 1. The van der Waals surface area contributed by atoms with Gasteiger partial charge >= 0.3 is 0 Å². The van der Waals surface area contributed by atoms with Crippen molar-refractivity contribution in [3.05, 3.63) is 35.1 Å². The minimum absolute atomic E-state index is 0.0734. The minimum Gasteiger partial charge on any atom is -0.356 e. The summed E-state index contributed by atoms with van der Waals surface area (Å²) < 4.78 is 13.0. The van der Waals surface area contributed by atoms with Gasteiger partial charge in [0, 0.05) is 18.5 Å². The Kier molecular flexibility index (Phi) is 4.53. The molecule has 0 bridgehead atoms. The molecule has 3 N–H and O–H groups in total. The van der Waals surface area contributed by atoms with Crippen LogP contribution in [0.3, 0.4) is 0 Å². The topological polar surface area (TPSA) is 55.1 Å². The van der Waals surface area contributed by atoms with Crippen LogP contribution < -0.4 is 11.1 Å². The van der Waals surface area contributed by atoms with E-state index in [1.807, 2.05) is 6.92 Å². The van der Waals surface area contributed by atoms with Crippen LogP contribution in [-0.2, 0) is 11.2 Å². The van der Waals surface area contributed by atoms with Crippen molar-refractivity contribution in [2.45, 2.75) is 38.6 Å². The van der Waals surface area contributed by atoms with Crippen molar-refractivity contribution in [3.8, 4) is 0 Å². The Morgan fingerprint density at radius 1 is 1.47 bits per heavy atom. The molecular weight excluding hydrogens is 243 g/mol. The van der Waals surface area contributed by atoms with Gasteiger partial charge in [-0.25, -0.2) is 4.39 Å². The molecule has 2 atom stereocenters. The number of hydrogen-bond acceptors (Lipinski definition) is 2. The molecule has 4 heteroatoms. The van der Waals surface area contributed by atoms with E-state index in [9.17, 15) is 9.18 Å². The third-order valence-corrected chi connectivity index (χ3v) is 3.84. The molecule has 0 saturated heterocycles. The van der Waals surface area contributed by atoms with Crippen LogP contribution in [0, 0.1) is 18.7 Å². The van der Waals surface area contributed by atoms with Crippen LogP contribution in [0.4, 0.5) is 4.39 Å². The van der Waals surface area contributed by atoms with Gasteiger partial charge in [-0.15, -0.1) is 0 Å². The van der Waals surface area contributed by atoms with Gasteiger partial charge in [-0.3, -0.25) is 4.79 Å². The first-order valence-electron chi connectivity index (χ1n) is 6.84. The second-order valence-electron chi connectivity index (χ2n) is 5.38. The average Bonchev–Trinajstić information content (AvgIpc) is 2.78. The SMILES string of the molecule is Cc1cc(F)ccc1CCNC(=O)C1CCC(N)C1. The molecule has 104 valence electrons. The van der Waals surface area contributed by atoms with Gasteiger partial charge in [0.25, 0.3) is 0 Å². The summed E-state index contributed by atoms with van der Waals surface area (Å²) in [6.45, 7) is 2.48. The van der Waals surface area contributed by atoms with Crippen LogP contribution >= 0.6 is 0 Å². The van der Waals surface area contributed by atoms with Gasteiger partial charge in [0.05, 0.1) is 0 Å². The minimum atomic E-state index is -0.217. The molecule has 1 fully saturated rings.